The minimum Gasteiger partial charge on any atom is -0.494 e. The lowest BCUT2D eigenvalue weighted by Crippen LogP contribution is -2.37. The van der Waals surface area contributed by atoms with E-state index in [4.69, 9.17) is 4.74 Å². The van der Waals surface area contributed by atoms with Gasteiger partial charge in [-0.1, -0.05) is 35.9 Å². The molecule has 4 rings (SSSR count). The third-order valence-corrected chi connectivity index (χ3v) is 6.05. The highest BCUT2D eigenvalue weighted by Crippen LogP contribution is 2.29. The molecule has 0 bridgehead atoms. The molecule has 1 N–H and O–H groups in total. The summed E-state index contributed by atoms with van der Waals surface area (Å²) < 4.78 is 6.82. The lowest BCUT2D eigenvalue weighted by atomic mass is 10.0. The summed E-state index contributed by atoms with van der Waals surface area (Å²) in [5, 5.41) is 12.5. The van der Waals surface area contributed by atoms with E-state index in [-0.39, 0.29) is 11.4 Å². The van der Waals surface area contributed by atoms with Crippen molar-refractivity contribution in [3.63, 3.8) is 0 Å². The summed E-state index contributed by atoms with van der Waals surface area (Å²) in [4.78, 5) is 20.4. The maximum Gasteiger partial charge on any atom is 0.265 e. The first-order valence-electron chi connectivity index (χ1n) is 11.2. The zero-order valence-electron chi connectivity index (χ0n) is 19.1. The normalized spacial score (nSPS) is 15.1. The fourth-order valence-electron chi connectivity index (χ4n) is 4.59. The Hall–Kier alpha value is -2.96. The molecular weight excluding hydrogens is 402 g/mol. The van der Waals surface area contributed by atoms with Gasteiger partial charge in [-0.2, -0.15) is 0 Å². The van der Waals surface area contributed by atoms with E-state index in [2.05, 4.69) is 9.89 Å². The summed E-state index contributed by atoms with van der Waals surface area (Å²) in [5.41, 5.74) is 4.10. The highest BCUT2D eigenvalue weighted by molar-refractivity contribution is 6.01. The highest BCUT2D eigenvalue weighted by Gasteiger charge is 2.19. The predicted molar refractivity (Wildman–Crippen MR) is 130 cm³/mol. The molecule has 1 fully saturated rings. The number of aromatic hydroxyl groups is 1. The third-order valence-electron chi connectivity index (χ3n) is 6.05. The number of ether oxygens (including phenoxy) is 1. The van der Waals surface area contributed by atoms with Crippen LogP contribution < -0.4 is 5.56 Å². The van der Waals surface area contributed by atoms with Gasteiger partial charge in [-0.25, -0.2) is 4.57 Å². The summed E-state index contributed by atoms with van der Waals surface area (Å²) in [6, 6.07) is 11.5. The first kappa shape index (κ1) is 22.2. The highest BCUT2D eigenvalue weighted by atomic mass is 16.5. The van der Waals surface area contributed by atoms with Gasteiger partial charge < -0.3 is 9.84 Å². The molecule has 2 aromatic carbocycles. The molecule has 1 aromatic heterocycles. The van der Waals surface area contributed by atoms with Gasteiger partial charge in [0, 0.05) is 43.2 Å². The van der Waals surface area contributed by atoms with Gasteiger partial charge in [0.25, 0.3) is 5.56 Å². The molecule has 168 valence electrons. The lowest BCUT2D eigenvalue weighted by Gasteiger charge is -2.26. The molecule has 32 heavy (non-hydrogen) atoms. The Balaban J connectivity index is 1.70. The molecular formula is C26H31N3O3. The second-order valence-electron chi connectivity index (χ2n) is 8.51. The Morgan fingerprint density at radius 1 is 1.06 bits per heavy atom. The van der Waals surface area contributed by atoms with Crippen LogP contribution in [0.4, 0.5) is 0 Å². The molecule has 0 amide bonds. The molecule has 1 aliphatic heterocycles. The topological polar surface area (TPSA) is 67.1 Å². The van der Waals surface area contributed by atoms with Gasteiger partial charge >= 0.3 is 0 Å². The van der Waals surface area contributed by atoms with Gasteiger partial charge in [-0.05, 0) is 44.4 Å². The molecule has 0 spiro atoms. The van der Waals surface area contributed by atoms with Gasteiger partial charge in [-0.15, -0.1) is 0 Å². The van der Waals surface area contributed by atoms with Crippen molar-refractivity contribution in [3.05, 3.63) is 69.0 Å². The quantitative estimate of drug-likeness (QED) is 0.475. The van der Waals surface area contributed by atoms with Gasteiger partial charge in [0.05, 0.1) is 24.5 Å². The van der Waals surface area contributed by atoms with E-state index in [9.17, 15) is 9.90 Å². The maximum atomic E-state index is 13.4. The number of rotatable bonds is 6. The molecule has 0 unspecified atom stereocenters. The van der Waals surface area contributed by atoms with E-state index < -0.39 is 0 Å². The van der Waals surface area contributed by atoms with Gasteiger partial charge in [0.2, 0.25) is 5.88 Å². The van der Waals surface area contributed by atoms with Crippen molar-refractivity contribution < 1.29 is 9.84 Å². The molecule has 2 heterocycles. The smallest absolute Gasteiger partial charge is 0.265 e. The van der Waals surface area contributed by atoms with Crippen LogP contribution in [0.5, 0.6) is 5.88 Å². The van der Waals surface area contributed by atoms with E-state index in [1.807, 2.05) is 57.2 Å². The lowest BCUT2D eigenvalue weighted by molar-refractivity contribution is 0.0377. The van der Waals surface area contributed by atoms with Crippen molar-refractivity contribution in [1.82, 2.24) is 9.47 Å². The van der Waals surface area contributed by atoms with Crippen LogP contribution in [-0.4, -0.2) is 60.2 Å². The van der Waals surface area contributed by atoms with E-state index in [0.29, 0.717) is 22.9 Å². The molecule has 6 nitrogen and oxygen atoms in total. The standard InChI is InChI=1S/C26H31N3O3/c1-18-15-19(2)24(20(3)16-18)29-25(30)22-8-5-4-7-21(22)23(26(29)31)17-27-9-6-10-28-11-13-32-14-12-28/h4-5,7-8,15-17,31H,6,9-14H2,1-3H3. The van der Waals surface area contributed by atoms with Crippen LogP contribution in [0.15, 0.2) is 46.2 Å². The number of nitrogens with zero attached hydrogens (tertiary/aromatic N) is 3. The zero-order chi connectivity index (χ0) is 22.7. The Kier molecular flexibility index (Phi) is 6.72. The van der Waals surface area contributed by atoms with Crippen LogP contribution >= 0.6 is 0 Å². The molecule has 1 saturated heterocycles. The first-order chi connectivity index (χ1) is 15.5. The fourth-order valence-corrected chi connectivity index (χ4v) is 4.59. The van der Waals surface area contributed by atoms with Crippen LogP contribution in [0.2, 0.25) is 0 Å². The van der Waals surface area contributed by atoms with Gasteiger partial charge in [-0.3, -0.25) is 14.7 Å². The minimum absolute atomic E-state index is 0.0688. The second-order valence-corrected chi connectivity index (χ2v) is 8.51. The number of aryl methyl sites for hydroxylation is 3. The summed E-state index contributed by atoms with van der Waals surface area (Å²) in [6.45, 7) is 11.1. The number of aliphatic imine (C=N–C) groups is 1. The van der Waals surface area contributed by atoms with Crippen molar-refractivity contribution >= 4 is 17.0 Å². The van der Waals surface area contributed by atoms with E-state index in [0.717, 1.165) is 61.6 Å². The van der Waals surface area contributed by atoms with Crippen molar-refractivity contribution in [2.75, 3.05) is 39.4 Å². The van der Waals surface area contributed by atoms with Gasteiger partial charge in [0.1, 0.15) is 0 Å². The Morgan fingerprint density at radius 2 is 1.72 bits per heavy atom. The SMILES string of the molecule is Cc1cc(C)c(-n2c(O)c(C=NCCCN3CCOCC3)c3ccccc3c2=O)c(C)c1. The van der Waals surface area contributed by atoms with Crippen molar-refractivity contribution in [1.29, 1.82) is 0 Å². The Bertz CT molecular complexity index is 1180. The van der Waals surface area contributed by atoms with Crippen molar-refractivity contribution in [3.8, 4) is 11.6 Å². The Morgan fingerprint density at radius 3 is 2.41 bits per heavy atom. The number of benzene rings is 2. The molecule has 0 atom stereocenters. The van der Waals surface area contributed by atoms with Crippen LogP contribution in [0, 0.1) is 20.8 Å². The summed E-state index contributed by atoms with van der Waals surface area (Å²) >= 11 is 0. The number of hydrogen-bond acceptors (Lipinski definition) is 5. The zero-order valence-corrected chi connectivity index (χ0v) is 19.1. The van der Waals surface area contributed by atoms with Crippen LogP contribution in [0.3, 0.4) is 0 Å². The van der Waals surface area contributed by atoms with E-state index in [1.165, 1.54) is 4.57 Å². The molecule has 3 aromatic rings. The Labute approximate surface area is 188 Å². The first-order valence-corrected chi connectivity index (χ1v) is 11.2. The molecule has 0 radical (unpaired) electrons. The van der Waals surface area contributed by atoms with Crippen LogP contribution in [0.25, 0.3) is 16.5 Å². The predicted octanol–water partition coefficient (Wildman–Crippen LogP) is 3.76. The molecule has 0 saturated carbocycles. The number of hydrogen-bond donors (Lipinski definition) is 1. The summed E-state index contributed by atoms with van der Waals surface area (Å²) in [5.74, 6) is -0.0688. The molecule has 1 aliphatic rings. The summed E-state index contributed by atoms with van der Waals surface area (Å²) in [6.07, 6.45) is 2.65. The van der Waals surface area contributed by atoms with E-state index >= 15 is 0 Å². The number of morpholine rings is 1. The monoisotopic (exact) mass is 433 g/mol. The maximum absolute atomic E-state index is 13.4. The largest absolute Gasteiger partial charge is 0.494 e. The number of fused-ring (bicyclic) bond motifs is 1. The number of aromatic nitrogens is 1. The molecule has 0 aliphatic carbocycles. The average Bonchev–Trinajstić information content (AvgIpc) is 2.78. The van der Waals surface area contributed by atoms with Crippen LogP contribution in [0.1, 0.15) is 28.7 Å². The summed E-state index contributed by atoms with van der Waals surface area (Å²) in [7, 11) is 0. The fraction of sp³-hybridized carbons (Fsp3) is 0.385. The molecule has 6 heteroatoms. The number of pyridine rings is 1. The minimum atomic E-state index is -0.224. The van der Waals surface area contributed by atoms with Gasteiger partial charge in [0.15, 0.2) is 0 Å². The van der Waals surface area contributed by atoms with E-state index in [1.54, 1.807) is 6.21 Å². The van der Waals surface area contributed by atoms with Crippen molar-refractivity contribution in [2.24, 2.45) is 4.99 Å². The third kappa shape index (κ3) is 4.47. The second kappa shape index (κ2) is 9.67. The average molecular weight is 434 g/mol. The van der Waals surface area contributed by atoms with Crippen LogP contribution in [-0.2, 0) is 4.74 Å². The van der Waals surface area contributed by atoms with Crippen molar-refractivity contribution in [2.45, 2.75) is 27.2 Å².